The van der Waals surface area contributed by atoms with Gasteiger partial charge in [-0.1, -0.05) is 0 Å². The second kappa shape index (κ2) is 6.29. The number of hydrogen-bond donors (Lipinski definition) is 1. The Kier molecular flexibility index (Phi) is 4.46. The molecule has 2 aromatic rings. The van der Waals surface area contributed by atoms with Gasteiger partial charge in [-0.3, -0.25) is 4.79 Å². The highest BCUT2D eigenvalue weighted by Crippen LogP contribution is 2.14. The number of nitrogens with one attached hydrogen (secondary N) is 1. The average Bonchev–Trinajstić information content (AvgIpc) is 2.91. The molecule has 2 aromatic heterocycles. The van der Waals surface area contributed by atoms with E-state index in [0.717, 1.165) is 11.4 Å². The monoisotopic (exact) mass is 276 g/mol. The van der Waals surface area contributed by atoms with Gasteiger partial charge in [0.25, 0.3) is 5.91 Å². The summed E-state index contributed by atoms with van der Waals surface area (Å²) in [5, 5.41) is 5.85. The van der Waals surface area contributed by atoms with E-state index in [4.69, 9.17) is 0 Å². The molecule has 0 fully saturated rings. The van der Waals surface area contributed by atoms with Crippen LogP contribution in [0, 0.1) is 0 Å². The van der Waals surface area contributed by atoms with E-state index >= 15 is 0 Å². The average molecular weight is 276 g/mol. The standard InChI is InChI=1S/C13H16N4OS/c1-17(2)12-10(4-3-6-15-12)13(18)16-7-5-11-14-8-9-19-11/h3-4,6,8-9H,5,7H2,1-2H3,(H,16,18). The van der Waals surface area contributed by atoms with Crippen molar-refractivity contribution in [1.82, 2.24) is 15.3 Å². The number of carbonyl (C=O) groups is 1. The zero-order valence-electron chi connectivity index (χ0n) is 11.0. The van der Waals surface area contributed by atoms with Gasteiger partial charge in [0.2, 0.25) is 0 Å². The van der Waals surface area contributed by atoms with Crippen molar-refractivity contribution in [2.24, 2.45) is 0 Å². The van der Waals surface area contributed by atoms with Crippen molar-refractivity contribution < 1.29 is 4.79 Å². The van der Waals surface area contributed by atoms with Crippen molar-refractivity contribution in [3.63, 3.8) is 0 Å². The molecular formula is C13H16N4OS. The first-order chi connectivity index (χ1) is 9.18. The molecule has 2 heterocycles. The predicted molar refractivity (Wildman–Crippen MR) is 76.7 cm³/mol. The second-order valence-electron chi connectivity index (χ2n) is 4.20. The lowest BCUT2D eigenvalue weighted by Crippen LogP contribution is -2.28. The van der Waals surface area contributed by atoms with Crippen molar-refractivity contribution in [1.29, 1.82) is 0 Å². The van der Waals surface area contributed by atoms with Crippen LogP contribution < -0.4 is 10.2 Å². The Morgan fingerprint density at radius 1 is 1.37 bits per heavy atom. The first kappa shape index (κ1) is 13.5. The molecule has 2 rings (SSSR count). The van der Waals surface area contributed by atoms with Gasteiger partial charge in [-0.15, -0.1) is 11.3 Å². The molecule has 6 heteroatoms. The molecule has 0 aliphatic rings. The van der Waals surface area contributed by atoms with E-state index in [-0.39, 0.29) is 5.91 Å². The summed E-state index contributed by atoms with van der Waals surface area (Å²) in [6.45, 7) is 0.577. The highest BCUT2D eigenvalue weighted by Gasteiger charge is 2.13. The van der Waals surface area contributed by atoms with Crippen molar-refractivity contribution in [3.8, 4) is 0 Å². The lowest BCUT2D eigenvalue weighted by molar-refractivity contribution is 0.0954. The van der Waals surface area contributed by atoms with Crippen molar-refractivity contribution in [2.75, 3.05) is 25.5 Å². The van der Waals surface area contributed by atoms with Crippen LogP contribution in [0.25, 0.3) is 0 Å². The minimum Gasteiger partial charge on any atom is -0.362 e. The molecule has 100 valence electrons. The molecule has 0 unspecified atom stereocenters. The molecule has 5 nitrogen and oxygen atoms in total. The molecule has 0 saturated carbocycles. The topological polar surface area (TPSA) is 58.1 Å². The summed E-state index contributed by atoms with van der Waals surface area (Å²) in [6, 6.07) is 3.55. The number of aromatic nitrogens is 2. The Morgan fingerprint density at radius 2 is 2.21 bits per heavy atom. The Labute approximate surface area is 116 Å². The number of hydrogen-bond acceptors (Lipinski definition) is 5. The molecule has 0 saturated heterocycles. The summed E-state index contributed by atoms with van der Waals surface area (Å²) in [5.41, 5.74) is 0.589. The van der Waals surface area contributed by atoms with Gasteiger partial charge in [-0.05, 0) is 12.1 Å². The number of amides is 1. The molecule has 0 atom stereocenters. The van der Waals surface area contributed by atoms with Gasteiger partial charge < -0.3 is 10.2 Å². The SMILES string of the molecule is CN(C)c1ncccc1C(=O)NCCc1nccs1. The fraction of sp³-hybridized carbons (Fsp3) is 0.308. The third-order valence-corrected chi connectivity index (χ3v) is 3.40. The minimum absolute atomic E-state index is 0.103. The van der Waals surface area contributed by atoms with Crippen LogP contribution in [0.15, 0.2) is 29.9 Å². The van der Waals surface area contributed by atoms with E-state index in [1.54, 1.807) is 35.9 Å². The van der Waals surface area contributed by atoms with E-state index < -0.39 is 0 Å². The largest absolute Gasteiger partial charge is 0.362 e. The van der Waals surface area contributed by atoms with Crippen LogP contribution in [-0.2, 0) is 6.42 Å². The van der Waals surface area contributed by atoms with Crippen molar-refractivity contribution in [2.45, 2.75) is 6.42 Å². The summed E-state index contributed by atoms with van der Waals surface area (Å²) in [6.07, 6.45) is 4.20. The smallest absolute Gasteiger partial charge is 0.255 e. The van der Waals surface area contributed by atoms with Crippen LogP contribution >= 0.6 is 11.3 Å². The molecular weight excluding hydrogens is 260 g/mol. The zero-order valence-corrected chi connectivity index (χ0v) is 11.8. The number of rotatable bonds is 5. The van der Waals surface area contributed by atoms with Crippen LogP contribution in [0.2, 0.25) is 0 Å². The van der Waals surface area contributed by atoms with Gasteiger partial charge in [0.1, 0.15) is 5.82 Å². The molecule has 0 aliphatic heterocycles. The van der Waals surface area contributed by atoms with Crippen LogP contribution in [0.5, 0.6) is 0 Å². The molecule has 0 aromatic carbocycles. The third-order valence-electron chi connectivity index (χ3n) is 2.56. The Bertz CT molecular complexity index is 539. The zero-order chi connectivity index (χ0) is 13.7. The maximum absolute atomic E-state index is 12.1. The van der Waals surface area contributed by atoms with Gasteiger partial charge in [-0.2, -0.15) is 0 Å². The third kappa shape index (κ3) is 3.51. The second-order valence-corrected chi connectivity index (χ2v) is 5.18. The maximum atomic E-state index is 12.1. The highest BCUT2D eigenvalue weighted by molar-refractivity contribution is 7.09. The van der Waals surface area contributed by atoms with Gasteiger partial charge >= 0.3 is 0 Å². The van der Waals surface area contributed by atoms with Gasteiger partial charge in [-0.25, -0.2) is 9.97 Å². The fourth-order valence-electron chi connectivity index (χ4n) is 1.69. The van der Waals surface area contributed by atoms with E-state index in [2.05, 4.69) is 15.3 Å². The van der Waals surface area contributed by atoms with Gasteiger partial charge in [0.15, 0.2) is 0 Å². The lowest BCUT2D eigenvalue weighted by atomic mass is 10.2. The quantitative estimate of drug-likeness (QED) is 0.900. The predicted octanol–water partition coefficient (Wildman–Crippen LogP) is 1.58. The van der Waals surface area contributed by atoms with Crippen LogP contribution in [-0.4, -0.2) is 36.5 Å². The maximum Gasteiger partial charge on any atom is 0.255 e. The van der Waals surface area contributed by atoms with Crippen LogP contribution in [0.4, 0.5) is 5.82 Å². The summed E-state index contributed by atoms with van der Waals surface area (Å²) in [4.78, 5) is 22.3. The van der Waals surface area contributed by atoms with Crippen LogP contribution in [0.3, 0.4) is 0 Å². The summed E-state index contributed by atoms with van der Waals surface area (Å²) in [5.74, 6) is 0.572. The van der Waals surface area contributed by atoms with E-state index in [1.165, 1.54) is 0 Å². The fourth-order valence-corrected chi connectivity index (χ4v) is 2.31. The molecule has 0 bridgehead atoms. The summed E-state index contributed by atoms with van der Waals surface area (Å²) < 4.78 is 0. The van der Waals surface area contributed by atoms with E-state index in [1.807, 2.05) is 24.4 Å². The van der Waals surface area contributed by atoms with Crippen molar-refractivity contribution in [3.05, 3.63) is 40.5 Å². The van der Waals surface area contributed by atoms with E-state index in [9.17, 15) is 4.79 Å². The molecule has 1 amide bonds. The Morgan fingerprint density at radius 3 is 2.89 bits per heavy atom. The summed E-state index contributed by atoms with van der Waals surface area (Å²) >= 11 is 1.60. The molecule has 1 N–H and O–H groups in total. The molecule has 0 radical (unpaired) electrons. The lowest BCUT2D eigenvalue weighted by Gasteiger charge is -2.15. The number of nitrogens with zero attached hydrogens (tertiary/aromatic N) is 3. The Hall–Kier alpha value is -1.95. The Balaban J connectivity index is 1.96. The molecule has 0 spiro atoms. The number of pyridine rings is 1. The summed E-state index contributed by atoms with van der Waals surface area (Å²) in [7, 11) is 3.74. The van der Waals surface area contributed by atoms with E-state index in [0.29, 0.717) is 17.9 Å². The first-order valence-electron chi connectivity index (χ1n) is 5.97. The van der Waals surface area contributed by atoms with Gasteiger partial charge in [0, 0.05) is 44.8 Å². The number of carbonyl (C=O) groups excluding carboxylic acids is 1. The normalized spacial score (nSPS) is 10.2. The van der Waals surface area contributed by atoms with Crippen LogP contribution in [0.1, 0.15) is 15.4 Å². The molecule has 19 heavy (non-hydrogen) atoms. The minimum atomic E-state index is -0.103. The van der Waals surface area contributed by atoms with Gasteiger partial charge in [0.05, 0.1) is 10.6 Å². The molecule has 0 aliphatic carbocycles. The van der Waals surface area contributed by atoms with Crippen molar-refractivity contribution >= 4 is 23.1 Å². The number of thiazole rings is 1. The first-order valence-corrected chi connectivity index (χ1v) is 6.85. The number of anilines is 1. The highest BCUT2D eigenvalue weighted by atomic mass is 32.1.